The van der Waals surface area contributed by atoms with Crippen LogP contribution in [0.5, 0.6) is 11.5 Å². The number of hydrogen-bond donors (Lipinski definition) is 2. The molecule has 6 heteroatoms. The zero-order valence-electron chi connectivity index (χ0n) is 13.2. The molecule has 0 aromatic heterocycles. The summed E-state index contributed by atoms with van der Waals surface area (Å²) in [5.41, 5.74) is -3.56. The number of aromatic hydroxyl groups is 2. The van der Waals surface area contributed by atoms with Gasteiger partial charge in [-0.1, -0.05) is 31.2 Å². The number of halogens is 4. The van der Waals surface area contributed by atoms with Crippen molar-refractivity contribution in [1.82, 2.24) is 0 Å². The standard InChI is InChI=1S/C18H18F4O2/c1-3-17(21,22)18(16(2,19)20,12-4-8-14(23)9-5-12)13-6-10-15(24)11-7-13/h4-11,23-24H,3H2,1-2H3. The van der Waals surface area contributed by atoms with Crippen LogP contribution in [0.3, 0.4) is 0 Å². The van der Waals surface area contributed by atoms with Crippen molar-refractivity contribution in [1.29, 1.82) is 0 Å². The van der Waals surface area contributed by atoms with Crippen molar-refractivity contribution in [3.8, 4) is 11.5 Å². The molecule has 24 heavy (non-hydrogen) atoms. The highest BCUT2D eigenvalue weighted by Gasteiger charge is 2.66. The van der Waals surface area contributed by atoms with Crippen LogP contribution in [-0.2, 0) is 5.41 Å². The third-order valence-electron chi connectivity index (χ3n) is 4.25. The summed E-state index contributed by atoms with van der Waals surface area (Å²) in [5, 5.41) is 18.8. The van der Waals surface area contributed by atoms with Gasteiger partial charge in [0.15, 0.2) is 0 Å². The topological polar surface area (TPSA) is 40.5 Å². The molecule has 0 bridgehead atoms. The molecule has 0 saturated carbocycles. The molecular formula is C18H18F4O2. The lowest BCUT2D eigenvalue weighted by atomic mass is 9.65. The monoisotopic (exact) mass is 342 g/mol. The SMILES string of the molecule is CCC(F)(F)C(c1ccc(O)cc1)(c1ccc(O)cc1)C(C)(F)F. The Hall–Kier alpha value is -2.24. The fraction of sp³-hybridized carbons (Fsp3) is 0.333. The summed E-state index contributed by atoms with van der Waals surface area (Å²) in [5.74, 6) is -8.02. The van der Waals surface area contributed by atoms with Gasteiger partial charge in [0.1, 0.15) is 16.9 Å². The molecule has 0 aliphatic rings. The molecule has 2 nitrogen and oxygen atoms in total. The molecule has 2 aromatic rings. The lowest BCUT2D eigenvalue weighted by molar-refractivity contribution is -0.170. The second-order valence-electron chi connectivity index (χ2n) is 5.79. The zero-order chi connectivity index (χ0) is 18.2. The molecule has 0 radical (unpaired) electrons. The van der Waals surface area contributed by atoms with Crippen LogP contribution >= 0.6 is 0 Å². The van der Waals surface area contributed by atoms with Gasteiger partial charge in [0, 0.05) is 13.3 Å². The maximum absolute atomic E-state index is 14.9. The van der Waals surface area contributed by atoms with Crippen LogP contribution in [0.2, 0.25) is 0 Å². The Labute approximate surface area is 137 Å². The van der Waals surface area contributed by atoms with Gasteiger partial charge in [0.2, 0.25) is 0 Å². The lowest BCUT2D eigenvalue weighted by Crippen LogP contribution is -2.57. The first-order valence-electron chi connectivity index (χ1n) is 7.41. The van der Waals surface area contributed by atoms with Gasteiger partial charge in [0.25, 0.3) is 11.8 Å². The first kappa shape index (κ1) is 18.1. The summed E-state index contributed by atoms with van der Waals surface area (Å²) in [4.78, 5) is 0. The molecule has 2 aromatic carbocycles. The zero-order valence-corrected chi connectivity index (χ0v) is 13.2. The van der Waals surface area contributed by atoms with Gasteiger partial charge >= 0.3 is 0 Å². The van der Waals surface area contributed by atoms with Crippen LogP contribution in [0.4, 0.5) is 17.6 Å². The fourth-order valence-electron chi connectivity index (χ4n) is 3.11. The predicted molar refractivity (Wildman–Crippen MR) is 82.9 cm³/mol. The minimum atomic E-state index is -3.82. The Balaban J connectivity index is 2.89. The second-order valence-corrected chi connectivity index (χ2v) is 5.79. The number of rotatable bonds is 5. The quantitative estimate of drug-likeness (QED) is 0.744. The van der Waals surface area contributed by atoms with Crippen molar-refractivity contribution in [2.24, 2.45) is 0 Å². The van der Waals surface area contributed by atoms with E-state index in [1.165, 1.54) is 0 Å². The highest BCUT2D eigenvalue weighted by molar-refractivity contribution is 5.48. The molecule has 0 fully saturated rings. The van der Waals surface area contributed by atoms with Crippen LogP contribution in [0, 0.1) is 0 Å². The van der Waals surface area contributed by atoms with Crippen molar-refractivity contribution >= 4 is 0 Å². The molecular weight excluding hydrogens is 324 g/mol. The van der Waals surface area contributed by atoms with Crippen molar-refractivity contribution in [3.63, 3.8) is 0 Å². The van der Waals surface area contributed by atoms with Gasteiger partial charge in [-0.15, -0.1) is 0 Å². The van der Waals surface area contributed by atoms with Gasteiger partial charge in [-0.2, -0.15) is 0 Å². The molecule has 0 spiro atoms. The summed E-state index contributed by atoms with van der Waals surface area (Å²) in [6.45, 7) is 1.59. The van der Waals surface area contributed by atoms with E-state index in [-0.39, 0.29) is 22.6 Å². The molecule has 0 heterocycles. The van der Waals surface area contributed by atoms with Gasteiger partial charge in [-0.25, -0.2) is 17.6 Å². The maximum Gasteiger partial charge on any atom is 0.267 e. The largest absolute Gasteiger partial charge is 0.508 e. The molecule has 130 valence electrons. The Kier molecular flexibility index (Phi) is 4.52. The van der Waals surface area contributed by atoms with E-state index in [0.717, 1.165) is 55.5 Å². The van der Waals surface area contributed by atoms with Crippen molar-refractivity contribution in [2.45, 2.75) is 37.5 Å². The Bertz CT molecular complexity index is 643. The molecule has 2 N–H and O–H groups in total. The van der Waals surface area contributed by atoms with Gasteiger partial charge in [-0.3, -0.25) is 0 Å². The molecule has 0 aliphatic carbocycles. The summed E-state index contributed by atoms with van der Waals surface area (Å²) in [6, 6.07) is 8.69. The number of alkyl halides is 4. The van der Waals surface area contributed by atoms with Crippen LogP contribution < -0.4 is 0 Å². The lowest BCUT2D eigenvalue weighted by Gasteiger charge is -2.45. The van der Waals surface area contributed by atoms with E-state index in [9.17, 15) is 27.8 Å². The summed E-state index contributed by atoms with van der Waals surface area (Å²) in [6.07, 6.45) is -0.807. The van der Waals surface area contributed by atoms with Crippen LogP contribution in [0.25, 0.3) is 0 Å². The van der Waals surface area contributed by atoms with E-state index in [0.29, 0.717) is 6.92 Å². The van der Waals surface area contributed by atoms with Crippen molar-refractivity contribution in [3.05, 3.63) is 59.7 Å². The normalized spacial score (nSPS) is 13.1. The molecule has 0 amide bonds. The number of phenolic OH excluding ortho intramolecular Hbond substituents is 2. The van der Waals surface area contributed by atoms with Gasteiger partial charge < -0.3 is 10.2 Å². The second kappa shape index (κ2) is 6.00. The number of hydrogen-bond acceptors (Lipinski definition) is 2. The minimum Gasteiger partial charge on any atom is -0.508 e. The highest BCUT2D eigenvalue weighted by Crippen LogP contribution is 2.56. The smallest absolute Gasteiger partial charge is 0.267 e. The Morgan fingerprint density at radius 2 is 1.08 bits per heavy atom. The van der Waals surface area contributed by atoms with Crippen LogP contribution in [0.1, 0.15) is 31.4 Å². The van der Waals surface area contributed by atoms with Crippen LogP contribution in [0.15, 0.2) is 48.5 Å². The summed E-state index contributed by atoms with van der Waals surface area (Å²) in [7, 11) is 0. The van der Waals surface area contributed by atoms with E-state index in [1.807, 2.05) is 0 Å². The van der Waals surface area contributed by atoms with E-state index >= 15 is 0 Å². The fourth-order valence-corrected chi connectivity index (χ4v) is 3.11. The van der Waals surface area contributed by atoms with Gasteiger partial charge in [0.05, 0.1) is 0 Å². The van der Waals surface area contributed by atoms with Gasteiger partial charge in [-0.05, 0) is 35.4 Å². The highest BCUT2D eigenvalue weighted by atomic mass is 19.3. The predicted octanol–water partition coefficient (Wildman–Crippen LogP) is 5.08. The average Bonchev–Trinajstić information content (AvgIpc) is 2.50. The Morgan fingerprint density at radius 3 is 1.33 bits per heavy atom. The summed E-state index contributed by atoms with van der Waals surface area (Å²) < 4.78 is 59.3. The van der Waals surface area contributed by atoms with E-state index in [2.05, 4.69) is 0 Å². The maximum atomic E-state index is 14.9. The Morgan fingerprint density at radius 1 is 0.750 bits per heavy atom. The number of phenols is 2. The summed E-state index contributed by atoms with van der Waals surface area (Å²) >= 11 is 0. The third kappa shape index (κ3) is 2.70. The van der Waals surface area contributed by atoms with Crippen molar-refractivity contribution in [2.75, 3.05) is 0 Å². The first-order chi connectivity index (χ1) is 11.1. The van der Waals surface area contributed by atoms with E-state index in [4.69, 9.17) is 0 Å². The molecule has 0 unspecified atom stereocenters. The van der Waals surface area contributed by atoms with Crippen LogP contribution in [-0.4, -0.2) is 22.1 Å². The third-order valence-corrected chi connectivity index (χ3v) is 4.25. The molecule has 0 aliphatic heterocycles. The van der Waals surface area contributed by atoms with E-state index < -0.39 is 23.7 Å². The molecule has 2 rings (SSSR count). The number of benzene rings is 2. The molecule has 0 saturated heterocycles. The molecule has 0 atom stereocenters. The average molecular weight is 342 g/mol. The van der Waals surface area contributed by atoms with Crippen molar-refractivity contribution < 1.29 is 27.8 Å². The minimum absolute atomic E-state index is 0.211. The first-order valence-corrected chi connectivity index (χ1v) is 7.41. The van der Waals surface area contributed by atoms with E-state index in [1.54, 1.807) is 0 Å².